The lowest BCUT2D eigenvalue weighted by atomic mass is 9.79. The van der Waals surface area contributed by atoms with Crippen LogP contribution in [0.25, 0.3) is 0 Å². The maximum atomic E-state index is 13.3. The molecule has 1 N–H and O–H groups in total. The van der Waals surface area contributed by atoms with Gasteiger partial charge in [-0.05, 0) is 12.8 Å². The van der Waals surface area contributed by atoms with Crippen LogP contribution in [0.2, 0.25) is 0 Å². The van der Waals surface area contributed by atoms with Gasteiger partial charge in [-0.2, -0.15) is 17.2 Å². The molecule has 11 heteroatoms. The number of ether oxygens (including phenoxy) is 2. The van der Waals surface area contributed by atoms with Crippen LogP contribution in [0, 0.1) is 11.8 Å². The average molecular weight is 376 g/mol. The van der Waals surface area contributed by atoms with E-state index in [2.05, 4.69) is 9.47 Å². The zero-order chi connectivity index (χ0) is 18.5. The summed E-state index contributed by atoms with van der Waals surface area (Å²) >= 11 is 0. The molecular weight excluding hydrogens is 357 g/mol. The van der Waals surface area contributed by atoms with Crippen molar-refractivity contribution in [2.45, 2.75) is 43.5 Å². The minimum atomic E-state index is -5.91. The van der Waals surface area contributed by atoms with Gasteiger partial charge in [0.05, 0.1) is 25.6 Å². The van der Waals surface area contributed by atoms with Crippen LogP contribution >= 0.6 is 0 Å². The normalized spacial score (nSPS) is 23.4. The summed E-state index contributed by atoms with van der Waals surface area (Å²) in [4.78, 5) is 23.6. The number of esters is 2. The van der Waals surface area contributed by atoms with Crippen molar-refractivity contribution in [3.8, 4) is 0 Å². The number of alkyl halides is 3. The molecular formula is C13H19F3O7S. The Morgan fingerprint density at radius 3 is 2.17 bits per heavy atom. The first-order valence-electron chi connectivity index (χ1n) is 7.25. The van der Waals surface area contributed by atoms with Gasteiger partial charge in [0.2, 0.25) is 0 Å². The highest BCUT2D eigenvalue weighted by Gasteiger charge is 2.52. The van der Waals surface area contributed by atoms with E-state index in [4.69, 9.17) is 4.55 Å². The molecule has 3 unspecified atom stereocenters. The van der Waals surface area contributed by atoms with E-state index in [9.17, 15) is 31.2 Å². The van der Waals surface area contributed by atoms with Crippen molar-refractivity contribution >= 4 is 22.1 Å². The zero-order valence-corrected chi connectivity index (χ0v) is 13.7. The van der Waals surface area contributed by atoms with Crippen LogP contribution in [-0.2, 0) is 29.2 Å². The Balaban J connectivity index is 2.58. The summed E-state index contributed by atoms with van der Waals surface area (Å²) in [7, 11) is -4.74. The number of halogens is 3. The molecule has 7 nitrogen and oxygen atoms in total. The van der Waals surface area contributed by atoms with Gasteiger partial charge in [-0.3, -0.25) is 14.1 Å². The highest BCUT2D eigenvalue weighted by Crippen LogP contribution is 2.33. The molecule has 0 saturated heterocycles. The summed E-state index contributed by atoms with van der Waals surface area (Å²) in [6.45, 7) is -0.810. The van der Waals surface area contributed by atoms with Gasteiger partial charge in [0, 0.05) is 6.42 Å². The van der Waals surface area contributed by atoms with Gasteiger partial charge in [-0.15, -0.1) is 0 Å². The van der Waals surface area contributed by atoms with Gasteiger partial charge in [-0.25, -0.2) is 4.39 Å². The van der Waals surface area contributed by atoms with Gasteiger partial charge in [0.15, 0.2) is 6.17 Å². The zero-order valence-electron chi connectivity index (χ0n) is 12.9. The fraction of sp³-hybridized carbons (Fsp3) is 0.846. The fourth-order valence-electron chi connectivity index (χ4n) is 2.55. The lowest BCUT2D eigenvalue weighted by Crippen LogP contribution is -2.39. The van der Waals surface area contributed by atoms with E-state index in [0.717, 1.165) is 6.42 Å². The topological polar surface area (TPSA) is 107 Å². The number of carbonyl (C=O) groups is 2. The monoisotopic (exact) mass is 376 g/mol. The summed E-state index contributed by atoms with van der Waals surface area (Å²) < 4.78 is 77.6. The lowest BCUT2D eigenvalue weighted by molar-refractivity contribution is -0.161. The van der Waals surface area contributed by atoms with Gasteiger partial charge >= 0.3 is 27.3 Å². The second kappa shape index (κ2) is 8.15. The molecule has 0 aromatic rings. The Morgan fingerprint density at radius 2 is 1.71 bits per heavy atom. The molecule has 3 atom stereocenters. The maximum absolute atomic E-state index is 13.3. The molecule has 24 heavy (non-hydrogen) atoms. The third-order valence-electron chi connectivity index (χ3n) is 3.90. The van der Waals surface area contributed by atoms with Crippen molar-refractivity contribution in [1.82, 2.24) is 0 Å². The first kappa shape index (κ1) is 20.7. The summed E-state index contributed by atoms with van der Waals surface area (Å²) in [6, 6.07) is 0. The Hall–Kier alpha value is -1.36. The van der Waals surface area contributed by atoms with Crippen LogP contribution < -0.4 is 0 Å². The minimum absolute atomic E-state index is 0.346. The van der Waals surface area contributed by atoms with Crippen LogP contribution in [0.3, 0.4) is 0 Å². The number of carbonyl (C=O) groups excluding carboxylic acids is 2. The van der Waals surface area contributed by atoms with Crippen LogP contribution in [0.5, 0.6) is 0 Å². The SMILES string of the molecule is COC(=O)C1CCCCC1C(=O)OCCC(F)C(F)(F)S(=O)(=O)O. The Bertz CT molecular complexity index is 564. The van der Waals surface area contributed by atoms with E-state index in [-0.39, 0.29) is 0 Å². The van der Waals surface area contributed by atoms with Crippen molar-refractivity contribution in [3.63, 3.8) is 0 Å². The standard InChI is InChI=1S/C13H19F3O7S/c1-22-11(17)8-4-2-3-5-9(8)12(18)23-7-6-10(14)13(15,16)24(19,20)21/h8-10H,2-7H2,1H3,(H,19,20,21). The van der Waals surface area contributed by atoms with E-state index in [1.807, 2.05) is 0 Å². The second-order valence-electron chi connectivity index (χ2n) is 5.48. The van der Waals surface area contributed by atoms with Crippen LogP contribution in [0.15, 0.2) is 0 Å². The van der Waals surface area contributed by atoms with Crippen molar-refractivity contribution < 1.29 is 45.2 Å². The second-order valence-corrected chi connectivity index (χ2v) is 6.98. The summed E-state index contributed by atoms with van der Waals surface area (Å²) in [5.74, 6) is -2.96. The van der Waals surface area contributed by atoms with E-state index in [1.54, 1.807) is 0 Å². The van der Waals surface area contributed by atoms with Crippen LogP contribution in [-0.4, -0.2) is 50.1 Å². The first-order chi connectivity index (χ1) is 11.0. The molecule has 0 heterocycles. The first-order valence-corrected chi connectivity index (χ1v) is 8.69. The smallest absolute Gasteiger partial charge is 0.400 e. The molecule has 140 valence electrons. The van der Waals surface area contributed by atoms with Crippen LogP contribution in [0.4, 0.5) is 13.2 Å². The molecule has 1 fully saturated rings. The molecule has 0 aromatic carbocycles. The largest absolute Gasteiger partial charge is 0.469 e. The van der Waals surface area contributed by atoms with Crippen LogP contribution in [0.1, 0.15) is 32.1 Å². The van der Waals surface area contributed by atoms with Crippen molar-refractivity contribution in [2.75, 3.05) is 13.7 Å². The predicted octanol–water partition coefficient (Wildman–Crippen LogP) is 1.72. The molecule has 0 bridgehead atoms. The minimum Gasteiger partial charge on any atom is -0.469 e. The van der Waals surface area contributed by atoms with Crippen molar-refractivity contribution in [3.05, 3.63) is 0 Å². The highest BCUT2D eigenvalue weighted by atomic mass is 32.2. The van der Waals surface area contributed by atoms with Crippen molar-refractivity contribution in [1.29, 1.82) is 0 Å². The number of hydrogen-bond acceptors (Lipinski definition) is 6. The molecule has 0 amide bonds. The third kappa shape index (κ3) is 4.82. The van der Waals surface area contributed by atoms with Gasteiger partial charge in [0.1, 0.15) is 0 Å². The molecule has 1 saturated carbocycles. The Labute approximate surface area is 137 Å². The van der Waals surface area contributed by atoms with Gasteiger partial charge in [-0.1, -0.05) is 12.8 Å². The quantitative estimate of drug-likeness (QED) is 0.532. The van der Waals surface area contributed by atoms with E-state index in [1.165, 1.54) is 7.11 Å². The predicted molar refractivity (Wildman–Crippen MR) is 74.4 cm³/mol. The highest BCUT2D eigenvalue weighted by molar-refractivity contribution is 7.86. The summed E-state index contributed by atoms with van der Waals surface area (Å²) in [6.07, 6.45) is -2.20. The van der Waals surface area contributed by atoms with E-state index in [0.29, 0.717) is 19.3 Å². The number of methoxy groups -OCH3 is 1. The fourth-order valence-corrected chi connectivity index (χ4v) is 2.99. The maximum Gasteiger partial charge on any atom is 0.400 e. The molecule has 1 aliphatic rings. The molecule has 0 aliphatic heterocycles. The van der Waals surface area contributed by atoms with Gasteiger partial charge in [0.25, 0.3) is 0 Å². The van der Waals surface area contributed by atoms with Gasteiger partial charge < -0.3 is 9.47 Å². The molecule has 1 rings (SSSR count). The van der Waals surface area contributed by atoms with E-state index < -0.39 is 58.3 Å². The summed E-state index contributed by atoms with van der Waals surface area (Å²) in [5, 5.41) is -4.99. The lowest BCUT2D eigenvalue weighted by Gasteiger charge is -2.27. The molecule has 0 spiro atoms. The third-order valence-corrected chi connectivity index (χ3v) is 4.84. The molecule has 0 radical (unpaired) electrons. The Morgan fingerprint density at radius 1 is 1.21 bits per heavy atom. The van der Waals surface area contributed by atoms with Crippen molar-refractivity contribution in [2.24, 2.45) is 11.8 Å². The molecule has 1 aliphatic carbocycles. The average Bonchev–Trinajstić information content (AvgIpc) is 2.52. The number of hydrogen-bond donors (Lipinski definition) is 1. The summed E-state index contributed by atoms with van der Waals surface area (Å²) in [5.41, 5.74) is 0. The van der Waals surface area contributed by atoms with E-state index >= 15 is 0 Å². The molecule has 0 aromatic heterocycles. The number of rotatable bonds is 7. The Kier molecular flexibility index (Phi) is 7.02.